The fourth-order valence-corrected chi connectivity index (χ4v) is 5.34. The van der Waals surface area contributed by atoms with Crippen molar-refractivity contribution in [3.8, 4) is 11.4 Å². The minimum absolute atomic E-state index is 0.00357. The van der Waals surface area contributed by atoms with Crippen LogP contribution in [0.2, 0.25) is 0 Å². The van der Waals surface area contributed by atoms with Crippen molar-refractivity contribution in [2.75, 3.05) is 11.6 Å². The van der Waals surface area contributed by atoms with Crippen LogP contribution in [0.5, 0.6) is 0 Å². The van der Waals surface area contributed by atoms with Gasteiger partial charge in [0, 0.05) is 40.5 Å². The van der Waals surface area contributed by atoms with Crippen molar-refractivity contribution in [2.24, 2.45) is 5.92 Å². The predicted octanol–water partition coefficient (Wildman–Crippen LogP) is 4.15. The second-order valence-electron chi connectivity index (χ2n) is 10.1. The minimum Gasteiger partial charge on any atom is -0.361 e. The third-order valence-electron chi connectivity index (χ3n) is 7.31. The lowest BCUT2D eigenvalue weighted by Gasteiger charge is -2.19. The average Bonchev–Trinajstić information content (AvgIpc) is 3.81. The van der Waals surface area contributed by atoms with E-state index in [1.54, 1.807) is 23.3 Å². The molecule has 9 nitrogen and oxygen atoms in total. The minimum atomic E-state index is -1.03. The number of anilines is 1. The molecule has 0 spiro atoms. The van der Waals surface area contributed by atoms with Crippen LogP contribution < -0.4 is 10.9 Å². The lowest BCUT2D eigenvalue weighted by Crippen LogP contribution is -2.29. The molecule has 0 radical (unpaired) electrons. The van der Waals surface area contributed by atoms with E-state index in [0.717, 1.165) is 53.1 Å². The number of hydrogen-bond donors (Lipinski definition) is 1. The Morgan fingerprint density at radius 1 is 1.08 bits per heavy atom. The normalized spacial score (nSPS) is 17.1. The number of rotatable bonds is 8. The molecule has 2 saturated carbocycles. The van der Waals surface area contributed by atoms with E-state index in [2.05, 4.69) is 32.2 Å². The largest absolute Gasteiger partial charge is 0.361 e. The van der Waals surface area contributed by atoms with Gasteiger partial charge in [0.15, 0.2) is 17.3 Å². The van der Waals surface area contributed by atoms with E-state index < -0.39 is 10.8 Å². The summed E-state index contributed by atoms with van der Waals surface area (Å²) in [5, 5.41) is 3.22. The Morgan fingerprint density at radius 3 is 2.51 bits per heavy atom. The van der Waals surface area contributed by atoms with E-state index in [4.69, 9.17) is 4.98 Å². The molecule has 2 aliphatic carbocycles. The summed E-state index contributed by atoms with van der Waals surface area (Å²) in [4.78, 5) is 37.7. The molecule has 0 amide bonds. The van der Waals surface area contributed by atoms with Crippen LogP contribution in [0.3, 0.4) is 0 Å². The van der Waals surface area contributed by atoms with Crippen LogP contribution in [0, 0.1) is 12.8 Å². The van der Waals surface area contributed by atoms with E-state index in [-0.39, 0.29) is 17.4 Å². The number of nitrogens with zero attached hydrogens (tertiary/aromatic N) is 6. The molecule has 10 heteroatoms. The Morgan fingerprint density at radius 2 is 1.84 bits per heavy atom. The number of benzene rings is 1. The molecule has 2 fully saturated rings. The molecule has 3 heterocycles. The zero-order valence-corrected chi connectivity index (χ0v) is 22.0. The summed E-state index contributed by atoms with van der Waals surface area (Å²) in [5.41, 5.74) is 4.58. The van der Waals surface area contributed by atoms with Gasteiger partial charge in [0.05, 0.1) is 23.1 Å². The highest BCUT2D eigenvalue weighted by atomic mass is 32.2. The zero-order valence-electron chi connectivity index (χ0n) is 21.1. The van der Waals surface area contributed by atoms with Crippen molar-refractivity contribution in [3.05, 3.63) is 64.1 Å². The topological polar surface area (TPSA) is 116 Å². The maximum atomic E-state index is 13.7. The molecule has 190 valence electrons. The van der Waals surface area contributed by atoms with Gasteiger partial charge in [-0.05, 0) is 63.1 Å². The summed E-state index contributed by atoms with van der Waals surface area (Å²) in [6.07, 6.45) is 9.37. The average molecular weight is 516 g/mol. The van der Waals surface area contributed by atoms with Crippen LogP contribution in [0.15, 0.2) is 46.5 Å². The number of aromatic nitrogens is 6. The van der Waals surface area contributed by atoms with Gasteiger partial charge >= 0.3 is 0 Å². The Kier molecular flexibility index (Phi) is 6.06. The van der Waals surface area contributed by atoms with Crippen molar-refractivity contribution in [3.63, 3.8) is 0 Å². The molecular weight excluding hydrogens is 486 g/mol. The summed E-state index contributed by atoms with van der Waals surface area (Å²) in [5.74, 6) is 1.68. The van der Waals surface area contributed by atoms with Crippen molar-refractivity contribution in [1.29, 1.82) is 0 Å². The molecule has 2 atom stereocenters. The first kappa shape index (κ1) is 23.8. The third-order valence-corrected chi connectivity index (χ3v) is 8.25. The maximum absolute atomic E-state index is 13.7. The van der Waals surface area contributed by atoms with Gasteiger partial charge in [0.2, 0.25) is 0 Å². The monoisotopic (exact) mass is 515 g/mol. The van der Waals surface area contributed by atoms with E-state index in [9.17, 15) is 9.00 Å². The van der Waals surface area contributed by atoms with Crippen LogP contribution in [0.25, 0.3) is 22.6 Å². The lowest BCUT2D eigenvalue weighted by atomic mass is 10.1. The van der Waals surface area contributed by atoms with Crippen molar-refractivity contribution >= 4 is 27.8 Å². The Labute approximate surface area is 217 Å². The molecule has 1 aromatic carbocycles. The Bertz CT molecular complexity index is 1580. The molecule has 0 aliphatic heterocycles. The Hall–Kier alpha value is -3.53. The second-order valence-corrected chi connectivity index (χ2v) is 11.4. The standard InChI is InChI=1S/C27H29N7O2S/c1-15-22(23(19-8-9-19)31-14-30-15)24-29-13-21-26(33-24)34(16(2)18-6-7-18)27(35)25(32-21)28-12-17-4-10-20(11-5-17)37(3)36/h4-5,10-11,13-14,16,18-19H,6-9,12H2,1-3H3,(H,28,32). The maximum Gasteiger partial charge on any atom is 0.295 e. The van der Waals surface area contributed by atoms with Gasteiger partial charge in [-0.3, -0.25) is 13.6 Å². The predicted molar refractivity (Wildman–Crippen MR) is 143 cm³/mol. The number of hydrogen-bond acceptors (Lipinski definition) is 8. The number of aryl methyl sites for hydroxylation is 1. The zero-order chi connectivity index (χ0) is 25.7. The summed E-state index contributed by atoms with van der Waals surface area (Å²) in [7, 11) is -1.03. The summed E-state index contributed by atoms with van der Waals surface area (Å²) in [6.45, 7) is 4.46. The molecule has 0 saturated heterocycles. The van der Waals surface area contributed by atoms with Crippen molar-refractivity contribution in [1.82, 2.24) is 29.5 Å². The van der Waals surface area contributed by atoms with Gasteiger partial charge in [-0.15, -0.1) is 0 Å². The summed E-state index contributed by atoms with van der Waals surface area (Å²) >= 11 is 0. The van der Waals surface area contributed by atoms with Gasteiger partial charge in [0.25, 0.3) is 5.56 Å². The van der Waals surface area contributed by atoms with Crippen LogP contribution in [-0.2, 0) is 17.3 Å². The van der Waals surface area contributed by atoms with E-state index >= 15 is 0 Å². The molecule has 3 aromatic heterocycles. The fourth-order valence-electron chi connectivity index (χ4n) is 4.82. The van der Waals surface area contributed by atoms with Gasteiger partial charge in [0.1, 0.15) is 11.8 Å². The first-order valence-corrected chi connectivity index (χ1v) is 14.2. The number of fused-ring (bicyclic) bond motifs is 1. The highest BCUT2D eigenvalue weighted by molar-refractivity contribution is 7.84. The van der Waals surface area contributed by atoms with Crippen molar-refractivity contribution in [2.45, 2.75) is 62.9 Å². The van der Waals surface area contributed by atoms with Gasteiger partial charge in [-0.25, -0.2) is 24.9 Å². The molecule has 37 heavy (non-hydrogen) atoms. The second kappa shape index (κ2) is 9.41. The van der Waals surface area contributed by atoms with Crippen LogP contribution in [0.1, 0.15) is 61.5 Å². The Balaban J connectivity index is 1.41. The molecule has 1 N–H and O–H groups in total. The van der Waals surface area contributed by atoms with Crippen LogP contribution in [-0.4, -0.2) is 40.0 Å². The molecule has 0 bridgehead atoms. The first-order valence-electron chi connectivity index (χ1n) is 12.7. The van der Waals surface area contributed by atoms with Gasteiger partial charge < -0.3 is 5.32 Å². The summed E-state index contributed by atoms with van der Waals surface area (Å²) < 4.78 is 13.5. The molecule has 2 aliphatic rings. The highest BCUT2D eigenvalue weighted by Gasteiger charge is 2.33. The summed E-state index contributed by atoms with van der Waals surface area (Å²) in [6, 6.07) is 7.50. The quantitative estimate of drug-likeness (QED) is 0.372. The molecular formula is C27H29N7O2S. The van der Waals surface area contributed by atoms with Crippen molar-refractivity contribution < 1.29 is 4.21 Å². The van der Waals surface area contributed by atoms with Crippen LogP contribution in [0.4, 0.5) is 5.82 Å². The van der Waals surface area contributed by atoms with Gasteiger partial charge in [-0.1, -0.05) is 12.1 Å². The highest BCUT2D eigenvalue weighted by Crippen LogP contribution is 2.43. The first-order chi connectivity index (χ1) is 17.9. The third kappa shape index (κ3) is 4.66. The van der Waals surface area contributed by atoms with E-state index in [1.807, 2.05) is 31.2 Å². The van der Waals surface area contributed by atoms with E-state index in [0.29, 0.717) is 35.4 Å². The van der Waals surface area contributed by atoms with Crippen LogP contribution >= 0.6 is 0 Å². The van der Waals surface area contributed by atoms with Gasteiger partial charge in [-0.2, -0.15) is 0 Å². The molecule has 4 aromatic rings. The van der Waals surface area contributed by atoms with E-state index in [1.165, 1.54) is 0 Å². The SMILES string of the molecule is Cc1ncnc(C2CC2)c1-c1ncc2nc(NCc3ccc(S(C)=O)cc3)c(=O)n(C(C)C3CC3)c2n1. The lowest BCUT2D eigenvalue weighted by molar-refractivity contribution is 0.482. The number of nitrogens with one attached hydrogen (secondary N) is 1. The smallest absolute Gasteiger partial charge is 0.295 e. The fraction of sp³-hybridized carbons (Fsp3) is 0.407. The molecule has 6 rings (SSSR count). The molecule has 2 unspecified atom stereocenters.